The van der Waals surface area contributed by atoms with E-state index in [0.29, 0.717) is 12.1 Å². The maximum atomic E-state index is 12.2. The number of carbonyl (C=O) groups is 3. The topological polar surface area (TPSA) is 66.5 Å². The van der Waals surface area contributed by atoms with E-state index in [9.17, 15) is 14.4 Å². The minimum absolute atomic E-state index is 0.00982. The van der Waals surface area contributed by atoms with Crippen molar-refractivity contribution >= 4 is 17.7 Å². The zero-order chi connectivity index (χ0) is 16.4. The second-order valence-electron chi connectivity index (χ2n) is 7.69. The van der Waals surface area contributed by atoms with Gasteiger partial charge >= 0.3 is 0 Å². The summed E-state index contributed by atoms with van der Waals surface area (Å²) in [7, 11) is 0. The van der Waals surface area contributed by atoms with Crippen LogP contribution in [0.25, 0.3) is 0 Å². The number of hydrogen-bond acceptors (Lipinski definition) is 3. The third kappa shape index (κ3) is 4.99. The quantitative estimate of drug-likeness (QED) is 0.805. The van der Waals surface area contributed by atoms with E-state index < -0.39 is 0 Å². The molecule has 21 heavy (non-hydrogen) atoms. The van der Waals surface area contributed by atoms with Crippen LogP contribution < -0.4 is 5.32 Å². The molecular formula is C16H26N2O3. The Hall–Kier alpha value is -1.65. The lowest BCUT2D eigenvalue weighted by Crippen LogP contribution is -2.38. The molecule has 1 rings (SSSR count). The number of amides is 3. The summed E-state index contributed by atoms with van der Waals surface area (Å²) in [6.45, 7) is 12.5. The summed E-state index contributed by atoms with van der Waals surface area (Å²) in [5.41, 5.74) is 0.147. The Morgan fingerprint density at radius 2 is 1.71 bits per heavy atom. The number of carbonyl (C=O) groups excluding carboxylic acids is 3. The number of imide groups is 1. The molecule has 0 saturated carbocycles. The predicted octanol–water partition coefficient (Wildman–Crippen LogP) is 1.88. The van der Waals surface area contributed by atoms with Gasteiger partial charge in [0.2, 0.25) is 5.91 Å². The van der Waals surface area contributed by atoms with Gasteiger partial charge in [0.05, 0.1) is 0 Å². The molecule has 0 unspecified atom stereocenters. The lowest BCUT2D eigenvalue weighted by Gasteiger charge is -2.22. The number of rotatable bonds is 4. The first-order valence-corrected chi connectivity index (χ1v) is 7.26. The van der Waals surface area contributed by atoms with Crippen molar-refractivity contribution in [2.24, 2.45) is 10.8 Å². The zero-order valence-electron chi connectivity index (χ0n) is 13.9. The average molecular weight is 294 g/mol. The van der Waals surface area contributed by atoms with Gasteiger partial charge in [0, 0.05) is 31.2 Å². The largest absolute Gasteiger partial charge is 0.356 e. The highest BCUT2D eigenvalue weighted by Gasteiger charge is 2.36. The van der Waals surface area contributed by atoms with E-state index in [2.05, 4.69) is 5.32 Å². The Morgan fingerprint density at radius 3 is 2.14 bits per heavy atom. The van der Waals surface area contributed by atoms with Crippen LogP contribution in [0.5, 0.6) is 0 Å². The van der Waals surface area contributed by atoms with Gasteiger partial charge in [-0.1, -0.05) is 41.5 Å². The van der Waals surface area contributed by atoms with Crippen molar-refractivity contribution in [1.82, 2.24) is 10.2 Å². The summed E-state index contributed by atoms with van der Waals surface area (Å²) < 4.78 is 0. The monoisotopic (exact) mass is 294 g/mol. The summed E-state index contributed by atoms with van der Waals surface area (Å²) in [5, 5.41) is 2.81. The molecule has 1 N–H and O–H groups in total. The maximum absolute atomic E-state index is 12.2. The van der Waals surface area contributed by atoms with Crippen LogP contribution in [0.1, 0.15) is 48.0 Å². The third-order valence-electron chi connectivity index (χ3n) is 3.20. The van der Waals surface area contributed by atoms with Crippen molar-refractivity contribution < 1.29 is 14.4 Å². The average Bonchev–Trinajstić information content (AvgIpc) is 2.59. The molecule has 0 radical (unpaired) electrons. The molecule has 0 aromatic carbocycles. The van der Waals surface area contributed by atoms with Crippen LogP contribution in [-0.2, 0) is 14.4 Å². The van der Waals surface area contributed by atoms with Gasteiger partial charge in [0.15, 0.2) is 0 Å². The van der Waals surface area contributed by atoms with Gasteiger partial charge in [0.25, 0.3) is 11.8 Å². The molecule has 118 valence electrons. The number of hydrogen-bond donors (Lipinski definition) is 1. The van der Waals surface area contributed by atoms with E-state index in [4.69, 9.17) is 0 Å². The van der Waals surface area contributed by atoms with E-state index in [0.717, 1.165) is 4.90 Å². The van der Waals surface area contributed by atoms with Gasteiger partial charge in [0.1, 0.15) is 0 Å². The van der Waals surface area contributed by atoms with Crippen LogP contribution in [-0.4, -0.2) is 35.7 Å². The third-order valence-corrected chi connectivity index (χ3v) is 3.20. The lowest BCUT2D eigenvalue weighted by molar-refractivity contribution is -0.137. The van der Waals surface area contributed by atoms with Crippen LogP contribution >= 0.6 is 0 Å². The highest BCUT2D eigenvalue weighted by Crippen LogP contribution is 2.30. The summed E-state index contributed by atoms with van der Waals surface area (Å²) >= 11 is 0. The zero-order valence-corrected chi connectivity index (χ0v) is 13.9. The number of nitrogens with zero attached hydrogens (tertiary/aromatic N) is 1. The van der Waals surface area contributed by atoms with Crippen LogP contribution in [0.3, 0.4) is 0 Å². The smallest absolute Gasteiger partial charge is 0.257 e. The highest BCUT2D eigenvalue weighted by atomic mass is 16.2. The van der Waals surface area contributed by atoms with Crippen LogP contribution in [0.2, 0.25) is 0 Å². The first-order valence-electron chi connectivity index (χ1n) is 7.26. The number of nitrogens with one attached hydrogen (secondary N) is 1. The molecule has 0 bridgehead atoms. The Labute approximate surface area is 126 Å². The minimum Gasteiger partial charge on any atom is -0.356 e. The second-order valence-corrected chi connectivity index (χ2v) is 7.69. The standard InChI is InChI=1S/C16H26N2O3/c1-15(2,3)10-17-12(19)7-8-18-13(20)9-11(14(18)21)16(4,5)6/h9H,7-8,10H2,1-6H3,(H,17,19). The highest BCUT2D eigenvalue weighted by molar-refractivity contribution is 6.16. The second kappa shape index (κ2) is 6.00. The first kappa shape index (κ1) is 17.4. The van der Waals surface area contributed by atoms with Crippen LogP contribution in [0, 0.1) is 10.8 Å². The fourth-order valence-electron chi connectivity index (χ4n) is 1.92. The molecule has 0 saturated heterocycles. The lowest BCUT2D eigenvalue weighted by atomic mass is 9.86. The van der Waals surface area contributed by atoms with E-state index >= 15 is 0 Å². The van der Waals surface area contributed by atoms with Crippen molar-refractivity contribution in [3.05, 3.63) is 11.6 Å². The van der Waals surface area contributed by atoms with E-state index in [1.54, 1.807) is 0 Å². The van der Waals surface area contributed by atoms with Crippen molar-refractivity contribution in [2.45, 2.75) is 48.0 Å². The fourth-order valence-corrected chi connectivity index (χ4v) is 1.92. The van der Waals surface area contributed by atoms with E-state index in [-0.39, 0.29) is 41.5 Å². The van der Waals surface area contributed by atoms with Crippen molar-refractivity contribution in [3.63, 3.8) is 0 Å². The Balaban J connectivity index is 2.53. The molecule has 3 amide bonds. The van der Waals surface area contributed by atoms with Gasteiger partial charge in [-0.3, -0.25) is 19.3 Å². The molecule has 1 aliphatic rings. The molecule has 0 aliphatic carbocycles. The Bertz CT molecular complexity index is 479. The van der Waals surface area contributed by atoms with E-state index in [1.807, 2.05) is 41.5 Å². The van der Waals surface area contributed by atoms with Gasteiger partial charge in [-0.15, -0.1) is 0 Å². The fraction of sp³-hybridized carbons (Fsp3) is 0.688. The molecule has 0 aromatic rings. The summed E-state index contributed by atoms with van der Waals surface area (Å²) in [6.07, 6.45) is 1.52. The molecule has 0 fully saturated rings. The molecule has 1 aliphatic heterocycles. The molecule has 5 nitrogen and oxygen atoms in total. The molecule has 1 heterocycles. The molecule has 0 spiro atoms. The normalized spacial score (nSPS) is 16.3. The van der Waals surface area contributed by atoms with Gasteiger partial charge in [-0.25, -0.2) is 0 Å². The Kier molecular flexibility index (Phi) is 4.97. The molecule has 5 heteroatoms. The summed E-state index contributed by atoms with van der Waals surface area (Å²) in [5.74, 6) is -0.751. The van der Waals surface area contributed by atoms with E-state index in [1.165, 1.54) is 6.08 Å². The Morgan fingerprint density at radius 1 is 1.14 bits per heavy atom. The van der Waals surface area contributed by atoms with Gasteiger partial charge in [-0.2, -0.15) is 0 Å². The van der Waals surface area contributed by atoms with Gasteiger partial charge in [-0.05, 0) is 10.8 Å². The molecule has 0 aromatic heterocycles. The van der Waals surface area contributed by atoms with Crippen molar-refractivity contribution in [2.75, 3.05) is 13.1 Å². The summed E-state index contributed by atoms with van der Waals surface area (Å²) in [6, 6.07) is 0. The van der Waals surface area contributed by atoms with Crippen LogP contribution in [0.15, 0.2) is 11.6 Å². The van der Waals surface area contributed by atoms with Crippen molar-refractivity contribution in [3.8, 4) is 0 Å². The van der Waals surface area contributed by atoms with Crippen LogP contribution in [0.4, 0.5) is 0 Å². The molecule has 0 atom stereocenters. The summed E-state index contributed by atoms with van der Waals surface area (Å²) in [4.78, 5) is 37.0. The van der Waals surface area contributed by atoms with Gasteiger partial charge < -0.3 is 5.32 Å². The minimum atomic E-state index is -0.365. The maximum Gasteiger partial charge on any atom is 0.257 e. The predicted molar refractivity (Wildman–Crippen MR) is 81.3 cm³/mol. The SMILES string of the molecule is CC(C)(C)CNC(=O)CCN1C(=O)C=C(C(C)(C)C)C1=O. The first-order chi connectivity index (χ1) is 9.42. The molecular weight excluding hydrogens is 268 g/mol. The van der Waals surface area contributed by atoms with Crippen molar-refractivity contribution in [1.29, 1.82) is 0 Å².